The first-order valence-electron chi connectivity index (χ1n) is 12.3. The maximum atomic E-state index is 13.2. The number of nitrogens with two attached hydrogens (primary N) is 1. The van der Waals surface area contributed by atoms with Gasteiger partial charge in [0.25, 0.3) is 0 Å². The minimum Gasteiger partial charge on any atom is -0.394 e. The number of benzene rings is 3. The third kappa shape index (κ3) is 6.53. The zero-order valence-electron chi connectivity index (χ0n) is 20.5. The lowest BCUT2D eigenvalue weighted by Crippen LogP contribution is -2.53. The first-order valence-corrected chi connectivity index (χ1v) is 13.8. The smallest absolute Gasteiger partial charge is 0.243 e. The van der Waals surface area contributed by atoms with Crippen LogP contribution in [0.15, 0.2) is 71.6 Å². The molecule has 0 aromatic heterocycles. The quantitative estimate of drug-likeness (QED) is 0.315. The molecule has 0 radical (unpaired) electrons. The highest BCUT2D eigenvalue weighted by Gasteiger charge is 2.35. The summed E-state index contributed by atoms with van der Waals surface area (Å²) < 4.78 is 28.4. The van der Waals surface area contributed by atoms with Gasteiger partial charge in [0.05, 0.1) is 17.9 Å². The second-order valence-electron chi connectivity index (χ2n) is 9.20. The first-order chi connectivity index (χ1) is 17.8. The molecule has 4 rings (SSSR count). The summed E-state index contributed by atoms with van der Waals surface area (Å²) in [6.07, 6.45) is 1.59. The summed E-state index contributed by atoms with van der Waals surface area (Å²) in [6.45, 7) is 0.382. The Morgan fingerprint density at radius 1 is 1.03 bits per heavy atom. The second-order valence-corrected chi connectivity index (χ2v) is 10.9. The zero-order chi connectivity index (χ0) is 26.4. The summed E-state index contributed by atoms with van der Waals surface area (Å²) in [5, 5.41) is 14.4. The van der Waals surface area contributed by atoms with Crippen LogP contribution in [-0.4, -0.2) is 62.0 Å². The number of likely N-dealkylation sites (tertiary alicyclic amines) is 1. The van der Waals surface area contributed by atoms with Crippen LogP contribution in [0.4, 0.5) is 0 Å². The van der Waals surface area contributed by atoms with Gasteiger partial charge in [-0.1, -0.05) is 54.6 Å². The average Bonchev–Trinajstić information content (AvgIpc) is 3.38. The molecule has 9 nitrogen and oxygen atoms in total. The fourth-order valence-electron chi connectivity index (χ4n) is 4.64. The first kappa shape index (κ1) is 26.7. The van der Waals surface area contributed by atoms with Crippen LogP contribution in [0.5, 0.6) is 0 Å². The van der Waals surface area contributed by atoms with Gasteiger partial charge in [0.1, 0.15) is 6.04 Å². The van der Waals surface area contributed by atoms with Crippen LogP contribution in [0.2, 0.25) is 0 Å². The molecule has 196 valence electrons. The molecule has 37 heavy (non-hydrogen) atoms. The molecule has 10 heteroatoms. The fraction of sp³-hybridized carbons (Fsp3) is 0.333. The van der Waals surface area contributed by atoms with E-state index in [-0.39, 0.29) is 29.8 Å². The number of fused-ring (bicyclic) bond motifs is 1. The highest BCUT2D eigenvalue weighted by Crippen LogP contribution is 2.21. The molecule has 2 amide bonds. The molecule has 1 fully saturated rings. The molecule has 3 aromatic rings. The molecule has 0 aliphatic carbocycles. The molecule has 0 unspecified atom stereocenters. The zero-order valence-corrected chi connectivity index (χ0v) is 21.3. The number of carbonyl (C=O) groups excluding carboxylic acids is 2. The Balaban J connectivity index is 1.38. The van der Waals surface area contributed by atoms with Crippen molar-refractivity contribution in [1.82, 2.24) is 14.9 Å². The van der Waals surface area contributed by atoms with Gasteiger partial charge in [0.15, 0.2) is 0 Å². The number of aliphatic hydroxyl groups is 1. The van der Waals surface area contributed by atoms with Gasteiger partial charge < -0.3 is 21.1 Å². The van der Waals surface area contributed by atoms with Crippen LogP contribution < -0.4 is 15.8 Å². The number of sulfonamides is 1. The molecule has 1 aliphatic heterocycles. The van der Waals surface area contributed by atoms with Crippen molar-refractivity contribution in [1.29, 1.82) is 0 Å². The second kappa shape index (κ2) is 11.8. The third-order valence-corrected chi connectivity index (χ3v) is 8.07. The molecule has 0 spiro atoms. The standard InChI is InChI=1S/C27H32N4O5S/c28-16-20-6-3-5-19(13-20)14-26(33)29-17-23-9-4-12-31(23)27(34)25(18-32)30-37(35,36)24-11-10-21-7-1-2-8-22(21)15-24/h1-3,5-8,10-11,13,15,23,25,30,32H,4,9,12,14,16-18,28H2,(H,29,33)/t23-,25+/m0/s1. The number of rotatable bonds is 10. The molecule has 0 saturated carbocycles. The topological polar surface area (TPSA) is 142 Å². The van der Waals surface area contributed by atoms with E-state index in [1.54, 1.807) is 17.0 Å². The van der Waals surface area contributed by atoms with Crippen molar-refractivity contribution in [3.8, 4) is 0 Å². The molecule has 1 saturated heterocycles. The monoisotopic (exact) mass is 524 g/mol. The number of nitrogens with one attached hydrogen (secondary N) is 2. The summed E-state index contributed by atoms with van der Waals surface area (Å²) in [4.78, 5) is 27.3. The Kier molecular flexibility index (Phi) is 8.55. The highest BCUT2D eigenvalue weighted by molar-refractivity contribution is 7.89. The molecule has 5 N–H and O–H groups in total. The van der Waals surface area contributed by atoms with Gasteiger partial charge in [-0.25, -0.2) is 8.42 Å². The van der Waals surface area contributed by atoms with Crippen LogP contribution in [-0.2, 0) is 32.6 Å². The van der Waals surface area contributed by atoms with Crippen molar-refractivity contribution in [2.75, 3.05) is 19.7 Å². The van der Waals surface area contributed by atoms with Gasteiger partial charge in [0.2, 0.25) is 21.8 Å². The molecule has 1 aliphatic rings. The fourth-order valence-corrected chi connectivity index (χ4v) is 5.86. The lowest BCUT2D eigenvalue weighted by molar-refractivity contribution is -0.135. The predicted molar refractivity (Wildman–Crippen MR) is 141 cm³/mol. The maximum absolute atomic E-state index is 13.2. The van der Waals surface area contributed by atoms with E-state index in [0.29, 0.717) is 19.5 Å². The van der Waals surface area contributed by atoms with Crippen LogP contribution >= 0.6 is 0 Å². The number of hydrogen-bond acceptors (Lipinski definition) is 6. The maximum Gasteiger partial charge on any atom is 0.243 e. The van der Waals surface area contributed by atoms with Crippen molar-refractivity contribution >= 4 is 32.6 Å². The van der Waals surface area contributed by atoms with Gasteiger partial charge >= 0.3 is 0 Å². The van der Waals surface area contributed by atoms with Crippen molar-refractivity contribution in [2.24, 2.45) is 5.73 Å². The Hall–Kier alpha value is -3.31. The lowest BCUT2D eigenvalue weighted by atomic mass is 10.1. The summed E-state index contributed by atoms with van der Waals surface area (Å²) in [5.74, 6) is -0.691. The summed E-state index contributed by atoms with van der Waals surface area (Å²) in [7, 11) is -4.06. The van der Waals surface area contributed by atoms with E-state index in [2.05, 4.69) is 10.0 Å². The number of nitrogens with zero attached hydrogens (tertiary/aromatic N) is 1. The molecular formula is C27H32N4O5S. The predicted octanol–water partition coefficient (Wildman–Crippen LogP) is 1.29. The van der Waals surface area contributed by atoms with Crippen LogP contribution in [0.3, 0.4) is 0 Å². The molecular weight excluding hydrogens is 492 g/mol. The molecule has 0 bridgehead atoms. The number of aliphatic hydroxyl groups excluding tert-OH is 1. The Bertz CT molecular complexity index is 1380. The van der Waals surface area contributed by atoms with Crippen molar-refractivity contribution in [2.45, 2.75) is 42.8 Å². The van der Waals surface area contributed by atoms with Gasteiger partial charge in [-0.3, -0.25) is 9.59 Å². The highest BCUT2D eigenvalue weighted by atomic mass is 32.2. The van der Waals surface area contributed by atoms with Crippen molar-refractivity contribution in [3.63, 3.8) is 0 Å². The summed E-state index contributed by atoms with van der Waals surface area (Å²) >= 11 is 0. The van der Waals surface area contributed by atoms with E-state index in [1.165, 1.54) is 12.1 Å². The van der Waals surface area contributed by atoms with Crippen LogP contribution in [0.1, 0.15) is 24.0 Å². The molecule has 2 atom stereocenters. The van der Waals surface area contributed by atoms with E-state index >= 15 is 0 Å². The molecule has 3 aromatic carbocycles. The average molecular weight is 525 g/mol. The Morgan fingerprint density at radius 3 is 2.54 bits per heavy atom. The van der Waals surface area contributed by atoms with E-state index < -0.39 is 28.6 Å². The minimum atomic E-state index is -4.06. The summed E-state index contributed by atoms with van der Waals surface area (Å²) in [6, 6.07) is 18.0. The number of amides is 2. The van der Waals surface area contributed by atoms with Gasteiger partial charge in [-0.15, -0.1) is 0 Å². The number of carbonyl (C=O) groups is 2. The Labute approximate surface area is 216 Å². The van der Waals surface area contributed by atoms with Crippen LogP contribution in [0, 0.1) is 0 Å². The third-order valence-electron chi connectivity index (χ3n) is 6.60. The Morgan fingerprint density at radius 2 is 1.78 bits per heavy atom. The van der Waals surface area contributed by atoms with Crippen molar-refractivity contribution < 1.29 is 23.1 Å². The van der Waals surface area contributed by atoms with E-state index in [9.17, 15) is 23.1 Å². The largest absolute Gasteiger partial charge is 0.394 e. The van der Waals surface area contributed by atoms with Gasteiger partial charge in [-0.05, 0) is 46.9 Å². The SMILES string of the molecule is NCc1cccc(CC(=O)NC[C@@H]2CCCN2C(=O)[C@@H](CO)NS(=O)(=O)c2ccc3ccccc3c2)c1. The summed E-state index contributed by atoms with van der Waals surface area (Å²) in [5.41, 5.74) is 7.46. The minimum absolute atomic E-state index is 0.0152. The van der Waals surface area contributed by atoms with Gasteiger partial charge in [-0.2, -0.15) is 4.72 Å². The van der Waals surface area contributed by atoms with E-state index in [4.69, 9.17) is 5.73 Å². The van der Waals surface area contributed by atoms with E-state index in [1.807, 2.05) is 42.5 Å². The van der Waals surface area contributed by atoms with E-state index in [0.717, 1.165) is 28.3 Å². The number of hydrogen-bond donors (Lipinski definition) is 4. The van der Waals surface area contributed by atoms with Gasteiger partial charge in [0, 0.05) is 25.7 Å². The normalized spacial score (nSPS) is 16.6. The van der Waals surface area contributed by atoms with Crippen molar-refractivity contribution in [3.05, 3.63) is 77.9 Å². The van der Waals surface area contributed by atoms with Crippen LogP contribution in [0.25, 0.3) is 10.8 Å². The lowest BCUT2D eigenvalue weighted by Gasteiger charge is -2.28. The molecule has 1 heterocycles.